The molecule has 3 aromatic rings. The number of aryl methyl sites for hydroxylation is 2. The first-order valence-electron chi connectivity index (χ1n) is 7.12. The van der Waals surface area contributed by atoms with Gasteiger partial charge in [-0.3, -0.25) is 4.98 Å². The first-order chi connectivity index (χ1) is 10.6. The van der Waals surface area contributed by atoms with E-state index in [4.69, 9.17) is 11.6 Å². The second-order valence-corrected chi connectivity index (χ2v) is 5.66. The summed E-state index contributed by atoms with van der Waals surface area (Å²) >= 11 is 6.39. The maximum atomic E-state index is 6.39. The normalized spacial score (nSPS) is 10.7. The highest BCUT2D eigenvalue weighted by molar-refractivity contribution is 6.30. The molecule has 0 aliphatic heterocycles. The van der Waals surface area contributed by atoms with Crippen molar-refractivity contribution in [3.05, 3.63) is 76.3 Å². The molecule has 0 saturated heterocycles. The van der Waals surface area contributed by atoms with Crippen LogP contribution in [0.2, 0.25) is 5.15 Å². The van der Waals surface area contributed by atoms with Gasteiger partial charge in [-0.1, -0.05) is 41.4 Å². The van der Waals surface area contributed by atoms with Crippen LogP contribution in [0.5, 0.6) is 0 Å². The Kier molecular flexibility index (Phi) is 4.16. The second kappa shape index (κ2) is 6.24. The van der Waals surface area contributed by atoms with E-state index in [0.717, 1.165) is 23.2 Å². The maximum absolute atomic E-state index is 6.39. The van der Waals surface area contributed by atoms with E-state index in [1.807, 2.05) is 19.1 Å². The summed E-state index contributed by atoms with van der Waals surface area (Å²) in [6.07, 6.45) is 4.20. The minimum atomic E-state index is 0.506. The van der Waals surface area contributed by atoms with Crippen molar-refractivity contribution in [1.82, 2.24) is 15.0 Å². The van der Waals surface area contributed by atoms with Gasteiger partial charge in [0, 0.05) is 35.6 Å². The lowest BCUT2D eigenvalue weighted by Crippen LogP contribution is -2.01. The molecule has 4 heteroatoms. The highest BCUT2D eigenvalue weighted by Crippen LogP contribution is 2.24. The molecule has 2 heterocycles. The molecule has 22 heavy (non-hydrogen) atoms. The zero-order valence-electron chi connectivity index (χ0n) is 12.5. The molecule has 3 rings (SSSR count). The number of aromatic nitrogens is 3. The summed E-state index contributed by atoms with van der Waals surface area (Å²) in [4.78, 5) is 13.1. The number of nitrogens with zero attached hydrogens (tertiary/aromatic N) is 3. The van der Waals surface area contributed by atoms with Crippen molar-refractivity contribution in [2.45, 2.75) is 20.3 Å². The summed E-state index contributed by atoms with van der Waals surface area (Å²) in [5.41, 5.74) is 5.19. The Labute approximate surface area is 135 Å². The van der Waals surface area contributed by atoms with E-state index in [1.165, 1.54) is 11.1 Å². The summed E-state index contributed by atoms with van der Waals surface area (Å²) in [6.45, 7) is 4.05. The monoisotopic (exact) mass is 309 g/mol. The molecule has 110 valence electrons. The molecular formula is C18H16ClN3. The lowest BCUT2D eigenvalue weighted by Gasteiger charge is -2.10. The lowest BCUT2D eigenvalue weighted by atomic mass is 10.0. The minimum Gasteiger partial charge on any atom is -0.264 e. The zero-order chi connectivity index (χ0) is 15.5. The van der Waals surface area contributed by atoms with Gasteiger partial charge in [-0.25, -0.2) is 9.97 Å². The summed E-state index contributed by atoms with van der Waals surface area (Å²) in [5, 5.41) is 0.506. The van der Waals surface area contributed by atoms with Crippen molar-refractivity contribution in [3.63, 3.8) is 0 Å². The van der Waals surface area contributed by atoms with Crippen molar-refractivity contribution >= 4 is 11.6 Å². The van der Waals surface area contributed by atoms with Crippen molar-refractivity contribution < 1.29 is 0 Å². The summed E-state index contributed by atoms with van der Waals surface area (Å²) in [5.74, 6) is 0.614. The Balaban J connectivity index is 1.95. The fourth-order valence-corrected chi connectivity index (χ4v) is 2.58. The van der Waals surface area contributed by atoms with Crippen molar-refractivity contribution in [2.75, 3.05) is 0 Å². The molecule has 0 spiro atoms. The van der Waals surface area contributed by atoms with Gasteiger partial charge in [0.1, 0.15) is 5.15 Å². The third kappa shape index (κ3) is 3.15. The number of benzene rings is 1. The third-order valence-electron chi connectivity index (χ3n) is 3.58. The molecule has 0 aliphatic rings. The quantitative estimate of drug-likeness (QED) is 0.673. The molecular weight excluding hydrogens is 294 g/mol. The van der Waals surface area contributed by atoms with Crippen LogP contribution in [-0.2, 0) is 6.42 Å². The van der Waals surface area contributed by atoms with Gasteiger partial charge in [-0.2, -0.15) is 0 Å². The number of rotatable bonds is 3. The van der Waals surface area contributed by atoms with Crippen LogP contribution in [0.3, 0.4) is 0 Å². The standard InChI is InChI=1S/C18H16ClN3/c1-12-5-7-14(8-6-12)10-16-13(2)21-18(22-17(16)19)15-4-3-9-20-11-15/h3-9,11H,10H2,1-2H3. The first kappa shape index (κ1) is 14.7. The van der Waals surface area contributed by atoms with Crippen molar-refractivity contribution in [1.29, 1.82) is 0 Å². The summed E-state index contributed by atoms with van der Waals surface area (Å²) in [6, 6.07) is 12.2. The Morgan fingerprint density at radius 2 is 1.77 bits per heavy atom. The van der Waals surface area contributed by atoms with Crippen molar-refractivity contribution in [2.24, 2.45) is 0 Å². The second-order valence-electron chi connectivity index (χ2n) is 5.31. The maximum Gasteiger partial charge on any atom is 0.162 e. The van der Waals surface area contributed by atoms with Gasteiger partial charge in [0.15, 0.2) is 5.82 Å². The molecule has 1 aromatic carbocycles. The fourth-order valence-electron chi connectivity index (χ4n) is 2.30. The average molecular weight is 310 g/mol. The van der Waals surface area contributed by atoms with Gasteiger partial charge >= 0.3 is 0 Å². The Hall–Kier alpha value is -2.26. The molecule has 0 aliphatic carbocycles. The van der Waals surface area contributed by atoms with Crippen molar-refractivity contribution in [3.8, 4) is 11.4 Å². The molecule has 0 fully saturated rings. The Bertz CT molecular complexity index is 760. The molecule has 0 bridgehead atoms. The Morgan fingerprint density at radius 1 is 1.00 bits per heavy atom. The molecule has 0 saturated carbocycles. The molecule has 0 unspecified atom stereocenters. The van der Waals surface area contributed by atoms with Gasteiger partial charge in [-0.15, -0.1) is 0 Å². The summed E-state index contributed by atoms with van der Waals surface area (Å²) < 4.78 is 0. The van der Waals surface area contributed by atoms with Crippen LogP contribution >= 0.6 is 11.6 Å². The molecule has 2 aromatic heterocycles. The van der Waals surface area contributed by atoms with Gasteiger partial charge in [0.25, 0.3) is 0 Å². The van der Waals surface area contributed by atoms with E-state index in [0.29, 0.717) is 11.0 Å². The van der Waals surface area contributed by atoms with Crippen LogP contribution in [0.1, 0.15) is 22.4 Å². The van der Waals surface area contributed by atoms with Crippen LogP contribution in [0.25, 0.3) is 11.4 Å². The molecule has 0 atom stereocenters. The summed E-state index contributed by atoms with van der Waals surface area (Å²) in [7, 11) is 0. The SMILES string of the molecule is Cc1ccc(Cc2c(C)nc(-c3cccnc3)nc2Cl)cc1. The number of pyridine rings is 1. The van der Waals surface area contributed by atoms with Crippen LogP contribution in [0.15, 0.2) is 48.8 Å². The van der Waals surface area contributed by atoms with E-state index in [-0.39, 0.29) is 0 Å². The lowest BCUT2D eigenvalue weighted by molar-refractivity contribution is 1.02. The molecule has 0 N–H and O–H groups in total. The zero-order valence-corrected chi connectivity index (χ0v) is 13.3. The average Bonchev–Trinajstić information content (AvgIpc) is 2.53. The molecule has 0 radical (unpaired) electrons. The predicted octanol–water partition coefficient (Wildman–Crippen LogP) is 4.40. The van der Waals surface area contributed by atoms with E-state index < -0.39 is 0 Å². The van der Waals surface area contributed by atoms with Gasteiger partial charge in [0.2, 0.25) is 0 Å². The highest BCUT2D eigenvalue weighted by Gasteiger charge is 2.12. The Morgan fingerprint density at radius 3 is 2.41 bits per heavy atom. The van der Waals surface area contributed by atoms with Crippen LogP contribution in [0.4, 0.5) is 0 Å². The third-order valence-corrected chi connectivity index (χ3v) is 3.90. The van der Waals surface area contributed by atoms with Gasteiger partial charge in [-0.05, 0) is 31.5 Å². The predicted molar refractivity (Wildman–Crippen MR) is 89.0 cm³/mol. The van der Waals surface area contributed by atoms with E-state index in [1.54, 1.807) is 12.4 Å². The molecule has 3 nitrogen and oxygen atoms in total. The number of hydrogen-bond acceptors (Lipinski definition) is 3. The van der Waals surface area contributed by atoms with E-state index >= 15 is 0 Å². The number of hydrogen-bond donors (Lipinski definition) is 0. The topological polar surface area (TPSA) is 38.7 Å². The minimum absolute atomic E-state index is 0.506. The molecule has 0 amide bonds. The van der Waals surface area contributed by atoms with Gasteiger partial charge in [0.05, 0.1) is 0 Å². The number of halogens is 1. The van der Waals surface area contributed by atoms with Crippen LogP contribution in [-0.4, -0.2) is 15.0 Å². The first-order valence-corrected chi connectivity index (χ1v) is 7.50. The highest BCUT2D eigenvalue weighted by atomic mass is 35.5. The fraction of sp³-hybridized carbons (Fsp3) is 0.167. The largest absolute Gasteiger partial charge is 0.264 e. The van der Waals surface area contributed by atoms with E-state index in [2.05, 4.69) is 46.1 Å². The smallest absolute Gasteiger partial charge is 0.162 e. The van der Waals surface area contributed by atoms with Gasteiger partial charge < -0.3 is 0 Å². The van der Waals surface area contributed by atoms with E-state index in [9.17, 15) is 0 Å². The van der Waals surface area contributed by atoms with Crippen LogP contribution < -0.4 is 0 Å². The van der Waals surface area contributed by atoms with Crippen LogP contribution in [0, 0.1) is 13.8 Å².